The topological polar surface area (TPSA) is 57.7 Å². The summed E-state index contributed by atoms with van der Waals surface area (Å²) in [7, 11) is 0. The fourth-order valence-corrected chi connectivity index (χ4v) is 4.17. The van der Waals surface area contributed by atoms with Gasteiger partial charge in [-0.3, -0.25) is 19.3 Å². The molecule has 5 nitrogen and oxygen atoms in total. The highest BCUT2D eigenvalue weighted by Crippen LogP contribution is 2.36. The molecule has 0 radical (unpaired) electrons. The van der Waals surface area contributed by atoms with Crippen LogP contribution in [0, 0.1) is 22.7 Å². The van der Waals surface area contributed by atoms with E-state index < -0.39 is 0 Å². The lowest BCUT2D eigenvalue weighted by molar-refractivity contribution is -0.140. The summed E-state index contributed by atoms with van der Waals surface area (Å²) in [5.74, 6) is 0.583. The van der Waals surface area contributed by atoms with Crippen LogP contribution < -0.4 is 0 Å². The monoisotopic (exact) mass is 378 g/mol. The van der Waals surface area contributed by atoms with Crippen LogP contribution in [0.4, 0.5) is 0 Å². The van der Waals surface area contributed by atoms with Crippen molar-refractivity contribution in [1.82, 2.24) is 9.80 Å². The van der Waals surface area contributed by atoms with Gasteiger partial charge in [0.25, 0.3) is 0 Å². The van der Waals surface area contributed by atoms with Gasteiger partial charge in [0.05, 0.1) is 5.92 Å². The van der Waals surface area contributed by atoms with Gasteiger partial charge in [-0.1, -0.05) is 48.0 Å². The fourth-order valence-electron chi connectivity index (χ4n) is 4.17. The van der Waals surface area contributed by atoms with Crippen LogP contribution in [-0.2, 0) is 14.4 Å². The SMILES string of the molecule is CC(C)(C)C1CC(=O)N(CCCCCC(=O)N2CC[C@H](C(C)(C)C)C2)C1=O. The Balaban J connectivity index is 1.67. The van der Waals surface area contributed by atoms with E-state index in [4.69, 9.17) is 0 Å². The van der Waals surface area contributed by atoms with Crippen molar-refractivity contribution in [1.29, 1.82) is 0 Å². The third-order valence-corrected chi connectivity index (χ3v) is 6.33. The smallest absolute Gasteiger partial charge is 0.233 e. The Hall–Kier alpha value is -1.39. The molecule has 2 fully saturated rings. The zero-order valence-electron chi connectivity index (χ0n) is 18.1. The molecule has 2 aliphatic heterocycles. The van der Waals surface area contributed by atoms with Crippen molar-refractivity contribution in [2.45, 2.75) is 80.1 Å². The van der Waals surface area contributed by atoms with Crippen molar-refractivity contribution in [3.05, 3.63) is 0 Å². The summed E-state index contributed by atoms with van der Waals surface area (Å²) >= 11 is 0. The van der Waals surface area contributed by atoms with E-state index in [2.05, 4.69) is 20.8 Å². The van der Waals surface area contributed by atoms with Crippen molar-refractivity contribution < 1.29 is 14.4 Å². The second-order valence-electron chi connectivity index (χ2n) is 10.5. The minimum Gasteiger partial charge on any atom is -0.342 e. The van der Waals surface area contributed by atoms with Crippen molar-refractivity contribution in [3.63, 3.8) is 0 Å². The molecule has 0 spiro atoms. The van der Waals surface area contributed by atoms with E-state index in [9.17, 15) is 14.4 Å². The first kappa shape index (κ1) is 21.9. The van der Waals surface area contributed by atoms with E-state index in [0.29, 0.717) is 25.3 Å². The lowest BCUT2D eigenvalue weighted by Gasteiger charge is -2.27. The van der Waals surface area contributed by atoms with Gasteiger partial charge in [0.1, 0.15) is 0 Å². The summed E-state index contributed by atoms with van der Waals surface area (Å²) in [6, 6.07) is 0. The standard InChI is InChI=1S/C22H38N2O3/c1-21(2,3)16-11-13-23(15-16)18(25)10-8-7-9-12-24-19(26)14-17(20(24)27)22(4,5)6/h16-17H,7-15H2,1-6H3/t16-,17?/m0/s1. The second kappa shape index (κ2) is 8.32. The molecule has 5 heteroatoms. The number of unbranched alkanes of at least 4 members (excludes halogenated alkanes) is 2. The number of nitrogens with zero attached hydrogens (tertiary/aromatic N) is 2. The summed E-state index contributed by atoms with van der Waals surface area (Å²) in [6.45, 7) is 15.0. The van der Waals surface area contributed by atoms with Crippen molar-refractivity contribution in [2.24, 2.45) is 22.7 Å². The first-order valence-corrected chi connectivity index (χ1v) is 10.5. The average molecular weight is 379 g/mol. The number of carbonyl (C=O) groups excluding carboxylic acids is 3. The van der Waals surface area contributed by atoms with Gasteiger partial charge in [0, 0.05) is 32.5 Å². The van der Waals surface area contributed by atoms with E-state index in [-0.39, 0.29) is 34.5 Å². The Labute approximate surface area is 164 Å². The molecule has 0 aromatic rings. The molecule has 3 amide bonds. The van der Waals surface area contributed by atoms with Crippen LogP contribution in [0.3, 0.4) is 0 Å². The summed E-state index contributed by atoms with van der Waals surface area (Å²) in [4.78, 5) is 40.5. The number of imide groups is 1. The van der Waals surface area contributed by atoms with Crippen LogP contribution in [0.15, 0.2) is 0 Å². The van der Waals surface area contributed by atoms with Crippen molar-refractivity contribution >= 4 is 17.7 Å². The minimum atomic E-state index is -0.197. The third kappa shape index (κ3) is 5.55. The van der Waals surface area contributed by atoms with Crippen LogP contribution >= 0.6 is 0 Å². The summed E-state index contributed by atoms with van der Waals surface area (Å²) < 4.78 is 0. The Morgan fingerprint density at radius 2 is 1.67 bits per heavy atom. The van der Waals surface area contributed by atoms with Gasteiger partial charge in [-0.2, -0.15) is 0 Å². The number of hydrogen-bond acceptors (Lipinski definition) is 3. The predicted molar refractivity (Wildman–Crippen MR) is 107 cm³/mol. The number of amides is 3. The molecule has 0 aromatic carbocycles. The Morgan fingerprint density at radius 3 is 2.19 bits per heavy atom. The summed E-state index contributed by atoms with van der Waals surface area (Å²) in [6.07, 6.45) is 4.50. The van der Waals surface area contributed by atoms with Gasteiger partial charge < -0.3 is 4.90 Å². The van der Waals surface area contributed by atoms with Gasteiger partial charge in [-0.05, 0) is 36.0 Å². The van der Waals surface area contributed by atoms with Crippen molar-refractivity contribution in [2.75, 3.05) is 19.6 Å². The highest BCUT2D eigenvalue weighted by molar-refractivity contribution is 6.03. The second-order valence-corrected chi connectivity index (χ2v) is 10.5. The lowest BCUT2D eigenvalue weighted by atomic mass is 9.80. The largest absolute Gasteiger partial charge is 0.342 e. The molecule has 2 saturated heterocycles. The molecule has 2 atom stereocenters. The third-order valence-electron chi connectivity index (χ3n) is 6.33. The molecule has 0 aromatic heterocycles. The maximum absolute atomic E-state index is 12.5. The first-order valence-electron chi connectivity index (χ1n) is 10.5. The van der Waals surface area contributed by atoms with Gasteiger partial charge in [-0.25, -0.2) is 0 Å². The molecule has 1 unspecified atom stereocenters. The Bertz CT molecular complexity index is 571. The number of hydrogen-bond donors (Lipinski definition) is 0. The molecule has 2 aliphatic rings. The molecule has 2 heterocycles. The number of rotatable bonds is 6. The van der Waals surface area contributed by atoms with E-state index in [1.54, 1.807) is 0 Å². The van der Waals surface area contributed by atoms with Gasteiger partial charge in [0.15, 0.2) is 0 Å². The zero-order valence-corrected chi connectivity index (χ0v) is 18.1. The fraction of sp³-hybridized carbons (Fsp3) is 0.864. The van der Waals surface area contributed by atoms with Crippen LogP contribution in [0.5, 0.6) is 0 Å². The van der Waals surface area contributed by atoms with Gasteiger partial charge in [0.2, 0.25) is 17.7 Å². The van der Waals surface area contributed by atoms with E-state index in [1.165, 1.54) is 4.90 Å². The molecule has 0 saturated carbocycles. The van der Waals surface area contributed by atoms with Crippen LogP contribution in [0.25, 0.3) is 0 Å². The highest BCUT2D eigenvalue weighted by Gasteiger charge is 2.44. The number of carbonyl (C=O) groups is 3. The Kier molecular flexibility index (Phi) is 6.75. The summed E-state index contributed by atoms with van der Waals surface area (Å²) in [5, 5.41) is 0. The van der Waals surface area contributed by atoms with Crippen LogP contribution in [-0.4, -0.2) is 47.2 Å². The number of likely N-dealkylation sites (tertiary alicyclic amines) is 2. The summed E-state index contributed by atoms with van der Waals surface area (Å²) in [5.41, 5.74) is 0.0866. The molecule has 2 rings (SSSR count). The molecular formula is C22H38N2O3. The zero-order chi connectivity index (χ0) is 20.4. The van der Waals surface area contributed by atoms with Crippen LogP contribution in [0.2, 0.25) is 0 Å². The first-order chi connectivity index (χ1) is 12.4. The van der Waals surface area contributed by atoms with E-state index in [0.717, 1.165) is 38.8 Å². The quantitative estimate of drug-likeness (QED) is 0.521. The lowest BCUT2D eigenvalue weighted by Crippen LogP contribution is -2.34. The van der Waals surface area contributed by atoms with Gasteiger partial charge in [-0.15, -0.1) is 0 Å². The van der Waals surface area contributed by atoms with Crippen LogP contribution in [0.1, 0.15) is 80.1 Å². The predicted octanol–water partition coefficient (Wildman–Crippen LogP) is 3.86. The molecule has 0 N–H and O–H groups in total. The molecule has 0 bridgehead atoms. The molecular weight excluding hydrogens is 340 g/mol. The molecule has 0 aliphatic carbocycles. The molecule has 154 valence electrons. The van der Waals surface area contributed by atoms with E-state index >= 15 is 0 Å². The van der Waals surface area contributed by atoms with E-state index in [1.807, 2.05) is 25.7 Å². The highest BCUT2D eigenvalue weighted by atomic mass is 16.2. The minimum absolute atomic E-state index is 0.0196. The maximum Gasteiger partial charge on any atom is 0.233 e. The molecule has 27 heavy (non-hydrogen) atoms. The van der Waals surface area contributed by atoms with Gasteiger partial charge >= 0.3 is 0 Å². The maximum atomic E-state index is 12.5. The average Bonchev–Trinajstić information content (AvgIpc) is 3.13. The normalized spacial score (nSPS) is 24.2. The van der Waals surface area contributed by atoms with Crippen molar-refractivity contribution in [3.8, 4) is 0 Å². The Morgan fingerprint density at radius 1 is 1.00 bits per heavy atom.